The Morgan fingerprint density at radius 3 is 2.61 bits per heavy atom. The van der Waals surface area contributed by atoms with Gasteiger partial charge >= 0.3 is 6.18 Å². The number of benzene rings is 2. The molecule has 2 heterocycles. The van der Waals surface area contributed by atoms with Crippen LogP contribution in [0.25, 0.3) is 10.9 Å². The van der Waals surface area contributed by atoms with Gasteiger partial charge < -0.3 is 10.3 Å². The van der Waals surface area contributed by atoms with Gasteiger partial charge in [-0.05, 0) is 54.9 Å². The number of rotatable bonds is 4. The molecule has 1 saturated heterocycles. The van der Waals surface area contributed by atoms with Crippen LogP contribution in [0.2, 0.25) is 0 Å². The normalized spacial score (nSPS) is 15.6. The number of fused-ring (bicyclic) bond motifs is 1. The highest BCUT2D eigenvalue weighted by atomic mass is 32.1. The van der Waals surface area contributed by atoms with Gasteiger partial charge in [-0.2, -0.15) is 13.2 Å². The Morgan fingerprint density at radius 2 is 1.91 bits per heavy atom. The fourth-order valence-corrected chi connectivity index (χ4v) is 4.25. The molecule has 10 heteroatoms. The molecule has 0 bridgehead atoms. The van der Waals surface area contributed by atoms with Crippen LogP contribution in [0.15, 0.2) is 47.3 Å². The van der Waals surface area contributed by atoms with Crippen molar-refractivity contribution in [3.05, 3.63) is 74.3 Å². The van der Waals surface area contributed by atoms with Crippen molar-refractivity contribution in [1.82, 2.24) is 19.8 Å². The molecule has 1 aromatic heterocycles. The molecular formula is C23H23F3N4O2S. The van der Waals surface area contributed by atoms with Crippen LogP contribution in [-0.4, -0.2) is 39.5 Å². The van der Waals surface area contributed by atoms with Crippen molar-refractivity contribution in [2.24, 2.45) is 7.05 Å². The van der Waals surface area contributed by atoms with E-state index < -0.39 is 11.7 Å². The molecule has 0 saturated carbocycles. The zero-order valence-electron chi connectivity index (χ0n) is 17.9. The number of hydrogen-bond donors (Lipinski definition) is 2. The summed E-state index contributed by atoms with van der Waals surface area (Å²) in [5, 5.41) is 3.47. The van der Waals surface area contributed by atoms with E-state index in [-0.39, 0.29) is 22.3 Å². The number of nitrogens with one attached hydrogen (secondary N) is 2. The van der Waals surface area contributed by atoms with Crippen LogP contribution in [0.3, 0.4) is 0 Å². The number of likely N-dealkylation sites (tertiary alicyclic amines) is 1. The number of aromatic amines is 1. The van der Waals surface area contributed by atoms with E-state index in [1.54, 1.807) is 31.3 Å². The van der Waals surface area contributed by atoms with Gasteiger partial charge in [0.05, 0.1) is 16.5 Å². The third kappa shape index (κ3) is 5.17. The van der Waals surface area contributed by atoms with Crippen molar-refractivity contribution >= 4 is 29.0 Å². The van der Waals surface area contributed by atoms with E-state index in [1.165, 1.54) is 16.7 Å². The van der Waals surface area contributed by atoms with Crippen LogP contribution in [0.5, 0.6) is 0 Å². The molecule has 0 aliphatic carbocycles. The SMILES string of the molecule is Cn1c(=S)[nH]c2cc(C(=O)NC3CCN(Cc4cccc(C(F)(F)F)c4)CC3)ccc2c1=O. The highest BCUT2D eigenvalue weighted by Gasteiger charge is 2.30. The Kier molecular flexibility index (Phi) is 6.40. The van der Waals surface area contributed by atoms with E-state index in [4.69, 9.17) is 12.2 Å². The fourth-order valence-electron chi connectivity index (χ4n) is 4.06. The molecule has 3 aromatic rings. The molecule has 33 heavy (non-hydrogen) atoms. The number of amides is 1. The second kappa shape index (κ2) is 9.11. The molecule has 0 unspecified atom stereocenters. The number of aromatic nitrogens is 2. The second-order valence-electron chi connectivity index (χ2n) is 8.28. The van der Waals surface area contributed by atoms with Crippen LogP contribution >= 0.6 is 12.2 Å². The Balaban J connectivity index is 1.36. The second-order valence-corrected chi connectivity index (χ2v) is 8.66. The van der Waals surface area contributed by atoms with E-state index in [9.17, 15) is 22.8 Å². The first-order chi connectivity index (χ1) is 15.6. The monoisotopic (exact) mass is 476 g/mol. The maximum Gasteiger partial charge on any atom is 0.416 e. The van der Waals surface area contributed by atoms with Crippen LogP contribution in [-0.2, 0) is 19.8 Å². The molecule has 6 nitrogen and oxygen atoms in total. The topological polar surface area (TPSA) is 70.1 Å². The van der Waals surface area contributed by atoms with Crippen LogP contribution in [0.1, 0.15) is 34.3 Å². The molecule has 0 radical (unpaired) electrons. The van der Waals surface area contributed by atoms with Crippen molar-refractivity contribution in [2.75, 3.05) is 13.1 Å². The van der Waals surface area contributed by atoms with Crippen molar-refractivity contribution in [3.8, 4) is 0 Å². The highest BCUT2D eigenvalue weighted by Crippen LogP contribution is 2.30. The van der Waals surface area contributed by atoms with Crippen LogP contribution in [0.4, 0.5) is 13.2 Å². The van der Waals surface area contributed by atoms with Gasteiger partial charge in [0, 0.05) is 38.3 Å². The van der Waals surface area contributed by atoms with Crippen molar-refractivity contribution in [3.63, 3.8) is 0 Å². The van der Waals surface area contributed by atoms with Gasteiger partial charge in [-0.15, -0.1) is 0 Å². The molecule has 0 spiro atoms. The third-order valence-corrected chi connectivity index (χ3v) is 6.32. The molecule has 2 aromatic carbocycles. The largest absolute Gasteiger partial charge is 0.416 e. The summed E-state index contributed by atoms with van der Waals surface area (Å²) >= 11 is 5.14. The van der Waals surface area contributed by atoms with Crippen molar-refractivity contribution in [2.45, 2.75) is 31.6 Å². The molecule has 2 N–H and O–H groups in total. The lowest BCUT2D eigenvalue weighted by Crippen LogP contribution is -2.44. The lowest BCUT2D eigenvalue weighted by molar-refractivity contribution is -0.137. The molecule has 4 rings (SSSR count). The van der Waals surface area contributed by atoms with Gasteiger partial charge in [0.25, 0.3) is 11.5 Å². The van der Waals surface area contributed by atoms with Gasteiger partial charge in [0.2, 0.25) is 0 Å². The van der Waals surface area contributed by atoms with Gasteiger partial charge in [0.1, 0.15) is 0 Å². The number of hydrogen-bond acceptors (Lipinski definition) is 4. The summed E-state index contributed by atoms with van der Waals surface area (Å²) in [6, 6.07) is 10.2. The van der Waals surface area contributed by atoms with Crippen LogP contribution < -0.4 is 10.9 Å². The van der Waals surface area contributed by atoms with E-state index in [2.05, 4.69) is 15.2 Å². The number of carbonyl (C=O) groups is 1. The van der Waals surface area contributed by atoms with Gasteiger partial charge in [0.15, 0.2) is 4.77 Å². The number of H-pyrrole nitrogens is 1. The molecule has 1 aliphatic heterocycles. The first kappa shape index (κ1) is 23.2. The van der Waals surface area contributed by atoms with Crippen molar-refractivity contribution < 1.29 is 18.0 Å². The average Bonchev–Trinajstić information content (AvgIpc) is 2.78. The maximum atomic E-state index is 12.9. The summed E-state index contributed by atoms with van der Waals surface area (Å²) in [5.74, 6) is -0.242. The lowest BCUT2D eigenvalue weighted by Gasteiger charge is -2.32. The predicted octanol–water partition coefficient (Wildman–Crippen LogP) is 4.01. The molecule has 1 fully saturated rings. The zero-order chi connectivity index (χ0) is 23.8. The lowest BCUT2D eigenvalue weighted by atomic mass is 10.0. The fraction of sp³-hybridized carbons (Fsp3) is 0.348. The molecule has 0 atom stereocenters. The summed E-state index contributed by atoms with van der Waals surface area (Å²) in [6.45, 7) is 1.77. The minimum absolute atomic E-state index is 0.0342. The molecule has 174 valence electrons. The molecular weight excluding hydrogens is 453 g/mol. The zero-order valence-corrected chi connectivity index (χ0v) is 18.7. The summed E-state index contributed by atoms with van der Waals surface area (Å²) in [7, 11) is 1.58. The quantitative estimate of drug-likeness (QED) is 0.559. The number of nitrogens with zero attached hydrogens (tertiary/aromatic N) is 2. The standard InChI is InChI=1S/C23H23F3N4O2S/c1-29-21(32)18-6-5-15(12-19(18)28-22(29)33)20(31)27-17-7-9-30(10-8-17)13-14-3-2-4-16(11-14)23(24,25)26/h2-6,11-12,17H,7-10,13H2,1H3,(H,27,31)(H,28,33). The van der Waals surface area contributed by atoms with E-state index in [0.29, 0.717) is 54.5 Å². The van der Waals surface area contributed by atoms with Gasteiger partial charge in [-0.3, -0.25) is 19.1 Å². The molecule has 1 aliphatic rings. The van der Waals surface area contributed by atoms with E-state index >= 15 is 0 Å². The highest BCUT2D eigenvalue weighted by molar-refractivity contribution is 7.71. The average molecular weight is 477 g/mol. The van der Waals surface area contributed by atoms with E-state index in [0.717, 1.165) is 6.07 Å². The number of alkyl halides is 3. The Morgan fingerprint density at radius 1 is 1.18 bits per heavy atom. The van der Waals surface area contributed by atoms with Gasteiger partial charge in [-0.25, -0.2) is 0 Å². The summed E-state index contributed by atoms with van der Waals surface area (Å²) in [5.41, 5.74) is 0.677. The minimum atomic E-state index is -4.35. The van der Waals surface area contributed by atoms with Crippen LogP contribution in [0, 0.1) is 4.77 Å². The van der Waals surface area contributed by atoms with Crippen molar-refractivity contribution in [1.29, 1.82) is 0 Å². The third-order valence-electron chi connectivity index (χ3n) is 5.95. The summed E-state index contributed by atoms with van der Waals surface area (Å²) in [6.07, 6.45) is -2.96. The minimum Gasteiger partial charge on any atom is -0.349 e. The first-order valence-corrected chi connectivity index (χ1v) is 10.9. The number of piperidine rings is 1. The van der Waals surface area contributed by atoms with Gasteiger partial charge in [-0.1, -0.05) is 18.2 Å². The molecule has 1 amide bonds. The smallest absolute Gasteiger partial charge is 0.349 e. The number of carbonyl (C=O) groups excluding carboxylic acids is 1. The number of halogens is 3. The summed E-state index contributed by atoms with van der Waals surface area (Å²) in [4.78, 5) is 30.1. The Hall–Kier alpha value is -2.98. The first-order valence-electron chi connectivity index (χ1n) is 10.5. The Labute approximate surface area is 193 Å². The predicted molar refractivity (Wildman–Crippen MR) is 122 cm³/mol. The maximum absolute atomic E-state index is 12.9. The Bertz CT molecular complexity index is 1310. The summed E-state index contributed by atoms with van der Waals surface area (Å²) < 4.78 is 40.4. The van der Waals surface area contributed by atoms with E-state index in [1.807, 2.05) is 0 Å².